The van der Waals surface area contributed by atoms with Crippen LogP contribution < -0.4 is 5.73 Å². The second kappa shape index (κ2) is 5.12. The van der Waals surface area contributed by atoms with Crippen LogP contribution in [0.1, 0.15) is 24.7 Å². The van der Waals surface area contributed by atoms with Gasteiger partial charge < -0.3 is 20.1 Å². The van der Waals surface area contributed by atoms with E-state index < -0.39 is 0 Å². The predicted octanol–water partition coefficient (Wildman–Crippen LogP) is -0.122. The molecule has 1 aromatic heterocycles. The maximum Gasteiger partial charge on any atom is 0.243 e. The molecule has 2 rings (SSSR count). The van der Waals surface area contributed by atoms with Crippen molar-refractivity contribution in [2.75, 3.05) is 33.7 Å². The van der Waals surface area contributed by atoms with Crippen molar-refractivity contribution in [3.63, 3.8) is 0 Å². The molecule has 2 unspecified atom stereocenters. The summed E-state index contributed by atoms with van der Waals surface area (Å²) in [6.45, 7) is 5.08. The minimum Gasteiger partial charge on any atom is -0.338 e. The van der Waals surface area contributed by atoms with E-state index in [2.05, 4.69) is 34.0 Å². The van der Waals surface area contributed by atoms with Crippen LogP contribution in [-0.4, -0.2) is 59.7 Å². The lowest BCUT2D eigenvalue weighted by molar-refractivity contribution is 0.113. The van der Waals surface area contributed by atoms with Crippen molar-refractivity contribution < 1.29 is 4.52 Å². The monoisotopic (exact) mass is 239 g/mol. The zero-order valence-corrected chi connectivity index (χ0v) is 10.8. The summed E-state index contributed by atoms with van der Waals surface area (Å²) in [7, 11) is 4.29. The van der Waals surface area contributed by atoms with E-state index in [0.717, 1.165) is 31.9 Å². The van der Waals surface area contributed by atoms with Crippen molar-refractivity contribution in [3.05, 3.63) is 11.7 Å². The number of likely N-dealkylation sites (N-methyl/N-ethyl adjacent to an activating group) is 2. The van der Waals surface area contributed by atoms with Crippen molar-refractivity contribution in [2.45, 2.75) is 25.4 Å². The quantitative estimate of drug-likeness (QED) is 0.793. The lowest BCUT2D eigenvalue weighted by atomic mass is 10.1. The first-order valence-corrected chi connectivity index (χ1v) is 6.03. The largest absolute Gasteiger partial charge is 0.338 e. The molecule has 1 aliphatic heterocycles. The van der Waals surface area contributed by atoms with Gasteiger partial charge in [-0.25, -0.2) is 0 Å². The molecule has 1 aromatic rings. The Morgan fingerprint density at radius 2 is 2.24 bits per heavy atom. The molecule has 2 atom stereocenters. The van der Waals surface area contributed by atoms with Gasteiger partial charge in [0.15, 0.2) is 5.82 Å². The van der Waals surface area contributed by atoms with E-state index >= 15 is 0 Å². The highest BCUT2D eigenvalue weighted by atomic mass is 16.5. The van der Waals surface area contributed by atoms with E-state index in [9.17, 15) is 0 Å². The fraction of sp³-hybridized carbons (Fsp3) is 0.818. The maximum absolute atomic E-state index is 5.69. The minimum absolute atomic E-state index is 0.192. The third-order valence-electron chi connectivity index (χ3n) is 3.27. The van der Waals surface area contributed by atoms with Crippen LogP contribution in [-0.2, 0) is 6.42 Å². The van der Waals surface area contributed by atoms with E-state index in [1.165, 1.54) is 0 Å². The lowest BCUT2D eigenvalue weighted by Crippen LogP contribution is -2.50. The van der Waals surface area contributed by atoms with Crippen LogP contribution in [0.3, 0.4) is 0 Å². The van der Waals surface area contributed by atoms with Gasteiger partial charge in [-0.1, -0.05) is 5.16 Å². The first-order valence-electron chi connectivity index (χ1n) is 6.03. The minimum atomic E-state index is -0.192. The van der Waals surface area contributed by atoms with E-state index in [0.29, 0.717) is 11.9 Å². The third-order valence-corrected chi connectivity index (χ3v) is 3.27. The summed E-state index contributed by atoms with van der Waals surface area (Å²) in [4.78, 5) is 9.00. The van der Waals surface area contributed by atoms with Crippen molar-refractivity contribution in [1.29, 1.82) is 0 Å². The van der Waals surface area contributed by atoms with Crippen molar-refractivity contribution in [2.24, 2.45) is 5.73 Å². The van der Waals surface area contributed by atoms with Gasteiger partial charge >= 0.3 is 0 Å². The molecule has 1 saturated heterocycles. The summed E-state index contributed by atoms with van der Waals surface area (Å²) in [6.07, 6.45) is 0.817. The molecule has 0 bridgehead atoms. The van der Waals surface area contributed by atoms with Gasteiger partial charge in [0, 0.05) is 32.1 Å². The van der Waals surface area contributed by atoms with Gasteiger partial charge in [0.05, 0.1) is 6.04 Å². The van der Waals surface area contributed by atoms with E-state index in [1.54, 1.807) is 0 Å². The van der Waals surface area contributed by atoms with Gasteiger partial charge in [0.1, 0.15) is 0 Å². The second-order valence-corrected chi connectivity index (χ2v) is 4.94. The molecule has 96 valence electrons. The van der Waals surface area contributed by atoms with Crippen LogP contribution >= 0.6 is 0 Å². The molecule has 0 saturated carbocycles. The van der Waals surface area contributed by atoms with Crippen molar-refractivity contribution >= 4 is 0 Å². The molecule has 0 amide bonds. The fourth-order valence-electron chi connectivity index (χ4n) is 2.07. The molecule has 0 radical (unpaired) electrons. The molecular weight excluding hydrogens is 218 g/mol. The number of hydrogen-bond donors (Lipinski definition) is 1. The Morgan fingerprint density at radius 3 is 2.88 bits per heavy atom. The highest BCUT2D eigenvalue weighted by Gasteiger charge is 2.24. The Balaban J connectivity index is 1.98. The van der Waals surface area contributed by atoms with Crippen LogP contribution in [0.15, 0.2) is 4.52 Å². The smallest absolute Gasteiger partial charge is 0.243 e. The first kappa shape index (κ1) is 12.5. The highest BCUT2D eigenvalue weighted by molar-refractivity contribution is 4.94. The van der Waals surface area contributed by atoms with E-state index in [-0.39, 0.29) is 6.04 Å². The number of rotatable bonds is 3. The number of nitrogens with two attached hydrogens (primary N) is 1. The molecule has 6 heteroatoms. The number of hydrogen-bond acceptors (Lipinski definition) is 6. The van der Waals surface area contributed by atoms with Crippen LogP contribution in [0.4, 0.5) is 0 Å². The average molecular weight is 239 g/mol. The Bertz CT molecular complexity index is 364. The predicted molar refractivity (Wildman–Crippen MR) is 64.5 cm³/mol. The molecule has 0 aromatic carbocycles. The van der Waals surface area contributed by atoms with Gasteiger partial charge in [-0.3, -0.25) is 0 Å². The molecule has 2 N–H and O–H groups in total. The van der Waals surface area contributed by atoms with Crippen LogP contribution in [0.25, 0.3) is 0 Å². The van der Waals surface area contributed by atoms with Crippen LogP contribution in [0, 0.1) is 0 Å². The lowest BCUT2D eigenvalue weighted by Gasteiger charge is -2.37. The fourth-order valence-corrected chi connectivity index (χ4v) is 2.07. The number of nitrogens with zero attached hydrogens (tertiary/aromatic N) is 4. The summed E-state index contributed by atoms with van der Waals surface area (Å²) in [5, 5.41) is 3.98. The summed E-state index contributed by atoms with van der Waals surface area (Å²) >= 11 is 0. The third kappa shape index (κ3) is 3.02. The average Bonchev–Trinajstić information content (AvgIpc) is 2.72. The SMILES string of the molecule is CC(N)c1nc(CC2CN(C)CCN2C)no1. The number of aromatic nitrogens is 2. The second-order valence-electron chi connectivity index (χ2n) is 4.94. The Morgan fingerprint density at radius 1 is 1.47 bits per heavy atom. The van der Waals surface area contributed by atoms with E-state index in [1.807, 2.05) is 6.92 Å². The number of piperazine rings is 1. The Kier molecular flexibility index (Phi) is 3.76. The summed E-state index contributed by atoms with van der Waals surface area (Å²) < 4.78 is 5.11. The molecule has 1 fully saturated rings. The standard InChI is InChI=1S/C11H21N5O/c1-8(12)11-13-10(14-17-11)6-9-7-15(2)4-5-16(9)3/h8-9H,4-7,12H2,1-3H3. The summed E-state index contributed by atoms with van der Waals surface area (Å²) in [6, 6.07) is 0.260. The molecule has 0 aliphatic carbocycles. The van der Waals surface area contributed by atoms with Gasteiger partial charge in [0.2, 0.25) is 5.89 Å². The van der Waals surface area contributed by atoms with Crippen LogP contribution in [0.5, 0.6) is 0 Å². The van der Waals surface area contributed by atoms with Gasteiger partial charge in [-0.15, -0.1) is 0 Å². The molecule has 6 nitrogen and oxygen atoms in total. The Labute approximate surface area is 102 Å². The van der Waals surface area contributed by atoms with Gasteiger partial charge in [-0.05, 0) is 21.0 Å². The topological polar surface area (TPSA) is 71.4 Å². The normalized spacial score (nSPS) is 25.1. The summed E-state index contributed by atoms with van der Waals surface area (Å²) in [5.41, 5.74) is 5.69. The van der Waals surface area contributed by atoms with Gasteiger partial charge in [0.25, 0.3) is 0 Å². The molecular formula is C11H21N5O. The molecule has 17 heavy (non-hydrogen) atoms. The van der Waals surface area contributed by atoms with Crippen molar-refractivity contribution in [3.8, 4) is 0 Å². The maximum atomic E-state index is 5.69. The molecule has 2 heterocycles. The van der Waals surface area contributed by atoms with Crippen molar-refractivity contribution in [1.82, 2.24) is 19.9 Å². The molecule has 1 aliphatic rings. The molecule has 0 spiro atoms. The zero-order chi connectivity index (χ0) is 12.4. The van der Waals surface area contributed by atoms with Gasteiger partial charge in [-0.2, -0.15) is 4.98 Å². The Hall–Kier alpha value is -0.980. The zero-order valence-electron chi connectivity index (χ0n) is 10.8. The summed E-state index contributed by atoms with van der Waals surface area (Å²) in [5.74, 6) is 1.27. The van der Waals surface area contributed by atoms with E-state index in [4.69, 9.17) is 10.3 Å². The van der Waals surface area contributed by atoms with Crippen LogP contribution in [0.2, 0.25) is 0 Å². The first-order chi connectivity index (χ1) is 8.06. The highest BCUT2D eigenvalue weighted by Crippen LogP contribution is 2.12.